The molecular weight excluding hydrogens is 262 g/mol. The summed E-state index contributed by atoms with van der Waals surface area (Å²) >= 11 is 0. The Bertz CT molecular complexity index is 709. The van der Waals surface area contributed by atoms with Crippen LogP contribution in [0.25, 0.3) is 0 Å². The summed E-state index contributed by atoms with van der Waals surface area (Å²) in [5.74, 6) is -2.80. The Morgan fingerprint density at radius 3 is 2.15 bits per heavy atom. The number of aromatic hydroxyl groups is 2. The third-order valence-corrected chi connectivity index (χ3v) is 2.83. The van der Waals surface area contributed by atoms with Crippen molar-refractivity contribution in [2.75, 3.05) is 5.73 Å². The van der Waals surface area contributed by atoms with Crippen molar-refractivity contribution in [1.82, 2.24) is 0 Å². The molecule has 0 fully saturated rings. The van der Waals surface area contributed by atoms with Crippen LogP contribution < -0.4 is 5.73 Å². The third kappa shape index (κ3) is 2.14. The summed E-state index contributed by atoms with van der Waals surface area (Å²) in [6.45, 7) is 0. The van der Waals surface area contributed by atoms with E-state index in [1.807, 2.05) is 0 Å². The van der Waals surface area contributed by atoms with Crippen molar-refractivity contribution in [2.24, 2.45) is 0 Å². The van der Waals surface area contributed by atoms with Crippen molar-refractivity contribution in [3.05, 3.63) is 53.1 Å². The lowest BCUT2D eigenvalue weighted by molar-refractivity contribution is 0.0693. The van der Waals surface area contributed by atoms with E-state index in [9.17, 15) is 19.8 Å². The Morgan fingerprint density at radius 2 is 1.55 bits per heavy atom. The van der Waals surface area contributed by atoms with E-state index in [0.29, 0.717) is 0 Å². The number of carboxylic acid groups (broad SMARTS) is 1. The highest BCUT2D eigenvalue weighted by Crippen LogP contribution is 2.30. The Balaban J connectivity index is 2.65. The number of hydrogen-bond donors (Lipinski definition) is 4. The van der Waals surface area contributed by atoms with E-state index in [1.165, 1.54) is 24.3 Å². The van der Waals surface area contributed by atoms with Crippen molar-refractivity contribution in [1.29, 1.82) is 0 Å². The molecule has 0 bridgehead atoms. The summed E-state index contributed by atoms with van der Waals surface area (Å²) in [6.07, 6.45) is 0. The fourth-order valence-corrected chi connectivity index (χ4v) is 1.84. The number of hydrogen-bond acceptors (Lipinski definition) is 5. The lowest BCUT2D eigenvalue weighted by Gasteiger charge is -2.10. The second-order valence-corrected chi connectivity index (χ2v) is 4.07. The molecule has 0 amide bonds. The second-order valence-electron chi connectivity index (χ2n) is 4.07. The number of carbonyl (C=O) groups is 2. The first-order valence-electron chi connectivity index (χ1n) is 5.61. The predicted octanol–water partition coefficient (Wildman–Crippen LogP) is 1.61. The van der Waals surface area contributed by atoms with Gasteiger partial charge in [0.25, 0.3) is 0 Å². The van der Waals surface area contributed by atoms with E-state index >= 15 is 0 Å². The van der Waals surface area contributed by atoms with E-state index in [1.54, 1.807) is 0 Å². The van der Waals surface area contributed by atoms with Crippen LogP contribution in [0.1, 0.15) is 26.3 Å². The molecule has 102 valence electrons. The van der Waals surface area contributed by atoms with Gasteiger partial charge in [-0.15, -0.1) is 0 Å². The molecule has 0 heterocycles. The topological polar surface area (TPSA) is 121 Å². The molecule has 0 unspecified atom stereocenters. The predicted molar refractivity (Wildman–Crippen MR) is 71.0 cm³/mol. The van der Waals surface area contributed by atoms with Crippen LogP contribution in [0.3, 0.4) is 0 Å². The Morgan fingerprint density at radius 1 is 0.900 bits per heavy atom. The number of nitrogen functional groups attached to an aromatic ring is 1. The van der Waals surface area contributed by atoms with Crippen LogP contribution in [0.15, 0.2) is 36.4 Å². The molecule has 2 aromatic carbocycles. The summed E-state index contributed by atoms with van der Waals surface area (Å²) in [5.41, 5.74) is 4.37. The quantitative estimate of drug-likeness (QED) is 0.383. The minimum atomic E-state index is -1.43. The number of aromatic carboxylic acids is 1. The van der Waals surface area contributed by atoms with E-state index in [4.69, 9.17) is 10.8 Å². The molecule has 0 radical (unpaired) electrons. The van der Waals surface area contributed by atoms with Gasteiger partial charge in [0.05, 0.1) is 16.8 Å². The molecule has 5 N–H and O–H groups in total. The molecule has 0 aliphatic carbocycles. The van der Waals surface area contributed by atoms with Crippen LogP contribution in [-0.4, -0.2) is 27.1 Å². The number of phenols is 2. The number of carboxylic acids is 1. The van der Waals surface area contributed by atoms with Crippen LogP contribution in [0.2, 0.25) is 0 Å². The summed E-state index contributed by atoms with van der Waals surface area (Å²) in [5, 5.41) is 28.2. The Hall–Kier alpha value is -3.02. The molecule has 0 atom stereocenters. The minimum Gasteiger partial charge on any atom is -0.507 e. The third-order valence-electron chi connectivity index (χ3n) is 2.83. The lowest BCUT2D eigenvalue weighted by Crippen LogP contribution is -2.12. The largest absolute Gasteiger partial charge is 0.507 e. The molecule has 0 saturated carbocycles. The maximum Gasteiger partial charge on any atom is 0.338 e. The number of ketones is 1. The van der Waals surface area contributed by atoms with E-state index in [-0.39, 0.29) is 16.9 Å². The van der Waals surface area contributed by atoms with Gasteiger partial charge in [0, 0.05) is 5.56 Å². The summed E-state index contributed by atoms with van der Waals surface area (Å²) < 4.78 is 0. The van der Waals surface area contributed by atoms with Crippen molar-refractivity contribution in [2.45, 2.75) is 0 Å². The molecule has 0 aliphatic heterocycles. The number of para-hydroxylation sites is 1. The number of nitrogens with two attached hydrogens (primary N) is 1. The van der Waals surface area contributed by atoms with Crippen molar-refractivity contribution in [3.63, 3.8) is 0 Å². The molecule has 0 aromatic heterocycles. The zero-order valence-electron chi connectivity index (χ0n) is 10.2. The van der Waals surface area contributed by atoms with Crippen LogP contribution in [-0.2, 0) is 0 Å². The van der Waals surface area contributed by atoms with Gasteiger partial charge in [-0.05, 0) is 24.3 Å². The fraction of sp³-hybridized carbons (Fsp3) is 0. The highest BCUT2D eigenvalue weighted by Gasteiger charge is 2.23. The van der Waals surface area contributed by atoms with E-state index < -0.39 is 28.8 Å². The summed E-state index contributed by atoms with van der Waals surface area (Å²) in [4.78, 5) is 23.5. The van der Waals surface area contributed by atoms with Crippen LogP contribution >= 0.6 is 0 Å². The molecule has 20 heavy (non-hydrogen) atoms. The molecule has 0 saturated heterocycles. The van der Waals surface area contributed by atoms with Crippen LogP contribution in [0.4, 0.5) is 5.69 Å². The molecule has 6 heteroatoms. The van der Waals surface area contributed by atoms with Gasteiger partial charge in [0.2, 0.25) is 0 Å². The van der Waals surface area contributed by atoms with Gasteiger partial charge in [-0.25, -0.2) is 4.79 Å². The zero-order valence-corrected chi connectivity index (χ0v) is 10.2. The molecule has 0 aliphatic rings. The zero-order chi connectivity index (χ0) is 14.9. The van der Waals surface area contributed by atoms with Gasteiger partial charge in [-0.1, -0.05) is 12.1 Å². The van der Waals surface area contributed by atoms with Gasteiger partial charge < -0.3 is 21.1 Å². The standard InChI is InChI=1S/C14H11NO5/c15-12-10(17)6-5-8(11(12)14(19)20)13(18)7-3-1-2-4-9(7)16/h1-6,16-17H,15H2,(H,19,20). The molecule has 6 nitrogen and oxygen atoms in total. The number of carbonyl (C=O) groups excluding carboxylic acids is 1. The first-order chi connectivity index (χ1) is 9.43. The number of rotatable bonds is 3. The average molecular weight is 273 g/mol. The minimum absolute atomic E-state index is 0.0416. The second kappa shape index (κ2) is 4.93. The lowest BCUT2D eigenvalue weighted by atomic mass is 9.96. The Kier molecular flexibility index (Phi) is 3.30. The number of benzene rings is 2. The summed E-state index contributed by atoms with van der Waals surface area (Å²) in [7, 11) is 0. The van der Waals surface area contributed by atoms with Crippen LogP contribution in [0.5, 0.6) is 11.5 Å². The van der Waals surface area contributed by atoms with Gasteiger partial charge in [-0.2, -0.15) is 0 Å². The highest BCUT2D eigenvalue weighted by atomic mass is 16.4. The maximum atomic E-state index is 12.3. The van der Waals surface area contributed by atoms with Crippen molar-refractivity contribution in [3.8, 4) is 11.5 Å². The van der Waals surface area contributed by atoms with E-state index in [0.717, 1.165) is 12.1 Å². The first-order valence-corrected chi connectivity index (χ1v) is 5.61. The smallest absolute Gasteiger partial charge is 0.338 e. The summed E-state index contributed by atoms with van der Waals surface area (Å²) in [6, 6.07) is 8.05. The Labute approximate surface area is 113 Å². The highest BCUT2D eigenvalue weighted by molar-refractivity contribution is 6.17. The first kappa shape index (κ1) is 13.4. The van der Waals surface area contributed by atoms with Gasteiger partial charge >= 0.3 is 5.97 Å². The molecule has 2 rings (SSSR count). The van der Waals surface area contributed by atoms with Gasteiger partial charge in [-0.3, -0.25) is 4.79 Å². The SMILES string of the molecule is Nc1c(O)ccc(C(=O)c2ccccc2O)c1C(=O)O. The van der Waals surface area contributed by atoms with Crippen LogP contribution in [0, 0.1) is 0 Å². The normalized spacial score (nSPS) is 10.2. The van der Waals surface area contributed by atoms with E-state index in [2.05, 4.69) is 0 Å². The maximum absolute atomic E-state index is 12.3. The monoisotopic (exact) mass is 273 g/mol. The molecular formula is C14H11NO5. The molecule has 0 spiro atoms. The van der Waals surface area contributed by atoms with Gasteiger partial charge in [0.1, 0.15) is 11.5 Å². The van der Waals surface area contributed by atoms with Crippen molar-refractivity contribution < 1.29 is 24.9 Å². The van der Waals surface area contributed by atoms with Crippen molar-refractivity contribution >= 4 is 17.4 Å². The molecule has 2 aromatic rings. The average Bonchev–Trinajstić information content (AvgIpc) is 2.41. The number of anilines is 1. The fourth-order valence-electron chi connectivity index (χ4n) is 1.84. The van der Waals surface area contributed by atoms with Gasteiger partial charge in [0.15, 0.2) is 5.78 Å². The number of phenolic OH excluding ortho intramolecular Hbond substituents is 2.